The van der Waals surface area contributed by atoms with Gasteiger partial charge in [-0.05, 0) is 37.1 Å². The van der Waals surface area contributed by atoms with Crippen LogP contribution < -0.4 is 5.32 Å². The molecule has 1 nitrogen and oxygen atoms in total. The minimum absolute atomic E-state index is 0.656. The van der Waals surface area contributed by atoms with E-state index in [1.807, 2.05) is 0 Å². The van der Waals surface area contributed by atoms with E-state index >= 15 is 0 Å². The van der Waals surface area contributed by atoms with Gasteiger partial charge in [0.15, 0.2) is 0 Å². The molecule has 0 bridgehead atoms. The van der Waals surface area contributed by atoms with Gasteiger partial charge in [0.05, 0.1) is 0 Å². The first-order valence-corrected chi connectivity index (χ1v) is 8.00. The van der Waals surface area contributed by atoms with E-state index in [9.17, 15) is 0 Å². The average Bonchev–Trinajstić information content (AvgIpc) is 2.38. The standard InChI is InChI=1S/C16H31N/c1-13(2)17-12-15-10-6-7-11-16(15)14-8-4-3-5-9-14/h13-17H,3-12H2,1-2H3. The quantitative estimate of drug-likeness (QED) is 0.765. The van der Waals surface area contributed by atoms with Crippen molar-refractivity contribution < 1.29 is 0 Å². The van der Waals surface area contributed by atoms with Crippen molar-refractivity contribution in [3.05, 3.63) is 0 Å². The molecule has 2 unspecified atom stereocenters. The smallest absolute Gasteiger partial charge is 0.00104 e. The van der Waals surface area contributed by atoms with E-state index in [0.717, 1.165) is 17.8 Å². The van der Waals surface area contributed by atoms with Crippen LogP contribution in [0.5, 0.6) is 0 Å². The summed E-state index contributed by atoms with van der Waals surface area (Å²) in [4.78, 5) is 0. The van der Waals surface area contributed by atoms with Crippen molar-refractivity contribution >= 4 is 0 Å². The lowest BCUT2D eigenvalue weighted by Crippen LogP contribution is -2.37. The van der Waals surface area contributed by atoms with Crippen molar-refractivity contribution in [3.8, 4) is 0 Å². The van der Waals surface area contributed by atoms with Crippen molar-refractivity contribution in [1.29, 1.82) is 0 Å². The number of hydrogen-bond donors (Lipinski definition) is 1. The van der Waals surface area contributed by atoms with Crippen molar-refractivity contribution in [1.82, 2.24) is 5.32 Å². The highest BCUT2D eigenvalue weighted by Crippen LogP contribution is 2.41. The summed E-state index contributed by atoms with van der Waals surface area (Å²) in [6, 6.07) is 0.656. The Morgan fingerprint density at radius 1 is 0.882 bits per heavy atom. The van der Waals surface area contributed by atoms with Gasteiger partial charge in [-0.3, -0.25) is 0 Å². The molecule has 2 rings (SSSR count). The van der Waals surface area contributed by atoms with E-state index in [1.165, 1.54) is 64.3 Å². The fourth-order valence-corrected chi connectivity index (χ4v) is 4.06. The first-order chi connectivity index (χ1) is 8.27. The molecule has 0 aromatic heterocycles. The molecule has 0 aromatic carbocycles. The summed E-state index contributed by atoms with van der Waals surface area (Å²) in [6.45, 7) is 5.83. The van der Waals surface area contributed by atoms with Gasteiger partial charge in [0.2, 0.25) is 0 Å². The molecule has 0 saturated heterocycles. The average molecular weight is 237 g/mol. The predicted octanol–water partition coefficient (Wildman–Crippen LogP) is 4.37. The second kappa shape index (κ2) is 6.78. The Hall–Kier alpha value is -0.0400. The lowest BCUT2D eigenvalue weighted by atomic mass is 9.68. The molecule has 0 aromatic rings. The Kier molecular flexibility index (Phi) is 5.34. The van der Waals surface area contributed by atoms with Crippen molar-refractivity contribution in [3.63, 3.8) is 0 Å². The van der Waals surface area contributed by atoms with Crippen LogP contribution in [0.3, 0.4) is 0 Å². The second-order valence-electron chi connectivity index (χ2n) is 6.67. The third kappa shape index (κ3) is 3.98. The molecule has 1 N–H and O–H groups in total. The summed E-state index contributed by atoms with van der Waals surface area (Å²) in [5, 5.41) is 3.68. The Balaban J connectivity index is 1.86. The normalized spacial score (nSPS) is 31.9. The zero-order valence-electron chi connectivity index (χ0n) is 11.9. The molecule has 2 aliphatic carbocycles. The molecule has 0 spiro atoms. The minimum atomic E-state index is 0.656. The molecule has 100 valence electrons. The zero-order chi connectivity index (χ0) is 12.1. The van der Waals surface area contributed by atoms with Gasteiger partial charge < -0.3 is 5.32 Å². The molecule has 1 heteroatoms. The van der Waals surface area contributed by atoms with Gasteiger partial charge in [-0.2, -0.15) is 0 Å². The van der Waals surface area contributed by atoms with E-state index in [0.29, 0.717) is 6.04 Å². The largest absolute Gasteiger partial charge is 0.314 e. The maximum Gasteiger partial charge on any atom is 0.00104 e. The fourth-order valence-electron chi connectivity index (χ4n) is 4.06. The highest BCUT2D eigenvalue weighted by Gasteiger charge is 2.32. The lowest BCUT2D eigenvalue weighted by Gasteiger charge is -2.39. The van der Waals surface area contributed by atoms with Gasteiger partial charge in [-0.25, -0.2) is 0 Å². The van der Waals surface area contributed by atoms with Crippen LogP contribution in [0.2, 0.25) is 0 Å². The van der Waals surface area contributed by atoms with Crippen molar-refractivity contribution in [2.45, 2.75) is 77.7 Å². The van der Waals surface area contributed by atoms with E-state index in [4.69, 9.17) is 0 Å². The van der Waals surface area contributed by atoms with Crippen LogP contribution in [0.4, 0.5) is 0 Å². The summed E-state index contributed by atoms with van der Waals surface area (Å²) < 4.78 is 0. The van der Waals surface area contributed by atoms with Gasteiger partial charge in [0.1, 0.15) is 0 Å². The molecule has 2 saturated carbocycles. The maximum atomic E-state index is 3.68. The predicted molar refractivity (Wildman–Crippen MR) is 75.2 cm³/mol. The molecule has 2 aliphatic rings. The Labute approximate surface area is 108 Å². The first kappa shape index (κ1) is 13.4. The molecular formula is C16H31N. The van der Waals surface area contributed by atoms with Crippen LogP contribution in [0.25, 0.3) is 0 Å². The molecule has 0 heterocycles. The summed E-state index contributed by atoms with van der Waals surface area (Å²) in [6.07, 6.45) is 13.6. The summed E-state index contributed by atoms with van der Waals surface area (Å²) in [5.74, 6) is 3.10. The van der Waals surface area contributed by atoms with Gasteiger partial charge >= 0.3 is 0 Å². The molecule has 0 radical (unpaired) electrons. The zero-order valence-corrected chi connectivity index (χ0v) is 11.9. The Morgan fingerprint density at radius 2 is 1.53 bits per heavy atom. The lowest BCUT2D eigenvalue weighted by molar-refractivity contribution is 0.125. The summed E-state index contributed by atoms with van der Waals surface area (Å²) in [5.41, 5.74) is 0. The van der Waals surface area contributed by atoms with Crippen LogP contribution >= 0.6 is 0 Å². The Bertz CT molecular complexity index is 206. The first-order valence-electron chi connectivity index (χ1n) is 8.00. The molecule has 2 fully saturated rings. The van der Waals surface area contributed by atoms with Gasteiger partial charge in [-0.1, -0.05) is 58.8 Å². The van der Waals surface area contributed by atoms with E-state index < -0.39 is 0 Å². The van der Waals surface area contributed by atoms with E-state index in [1.54, 1.807) is 0 Å². The fraction of sp³-hybridized carbons (Fsp3) is 1.00. The third-order valence-corrected chi connectivity index (χ3v) is 5.01. The molecule has 0 amide bonds. The molecule has 0 aliphatic heterocycles. The van der Waals surface area contributed by atoms with Crippen LogP contribution in [0.1, 0.15) is 71.6 Å². The van der Waals surface area contributed by atoms with Crippen molar-refractivity contribution in [2.75, 3.05) is 6.54 Å². The van der Waals surface area contributed by atoms with Crippen LogP contribution in [0, 0.1) is 17.8 Å². The van der Waals surface area contributed by atoms with Crippen LogP contribution in [-0.4, -0.2) is 12.6 Å². The highest BCUT2D eigenvalue weighted by molar-refractivity contribution is 4.84. The van der Waals surface area contributed by atoms with Crippen molar-refractivity contribution in [2.24, 2.45) is 17.8 Å². The van der Waals surface area contributed by atoms with Gasteiger partial charge in [0.25, 0.3) is 0 Å². The molecule has 2 atom stereocenters. The van der Waals surface area contributed by atoms with Crippen LogP contribution in [-0.2, 0) is 0 Å². The van der Waals surface area contributed by atoms with Gasteiger partial charge in [-0.15, -0.1) is 0 Å². The Morgan fingerprint density at radius 3 is 2.24 bits per heavy atom. The number of hydrogen-bond acceptors (Lipinski definition) is 1. The summed E-state index contributed by atoms with van der Waals surface area (Å²) in [7, 11) is 0. The molecular weight excluding hydrogens is 206 g/mol. The number of rotatable bonds is 4. The topological polar surface area (TPSA) is 12.0 Å². The third-order valence-electron chi connectivity index (χ3n) is 5.01. The highest BCUT2D eigenvalue weighted by atomic mass is 14.9. The SMILES string of the molecule is CC(C)NCC1CCCCC1C1CCCCC1. The minimum Gasteiger partial charge on any atom is -0.314 e. The van der Waals surface area contributed by atoms with Crippen LogP contribution in [0.15, 0.2) is 0 Å². The maximum absolute atomic E-state index is 3.68. The van der Waals surface area contributed by atoms with E-state index in [2.05, 4.69) is 19.2 Å². The summed E-state index contributed by atoms with van der Waals surface area (Å²) >= 11 is 0. The van der Waals surface area contributed by atoms with E-state index in [-0.39, 0.29) is 0 Å². The van der Waals surface area contributed by atoms with Gasteiger partial charge in [0, 0.05) is 6.04 Å². The molecule has 17 heavy (non-hydrogen) atoms. The number of nitrogens with one attached hydrogen (secondary N) is 1. The second-order valence-corrected chi connectivity index (χ2v) is 6.67. The monoisotopic (exact) mass is 237 g/mol.